The second-order valence-electron chi connectivity index (χ2n) is 12.2. The molecule has 0 spiro atoms. The topological polar surface area (TPSA) is 157 Å². The number of likely N-dealkylation sites (N-methyl/N-ethyl adjacent to an activating group) is 1. The molecular formula is C30H37Cl2F2N3O6. The first-order chi connectivity index (χ1) is 20.0. The number of halogens is 4. The molecule has 8 atom stereocenters. The summed E-state index contributed by atoms with van der Waals surface area (Å²) < 4.78 is 31.5. The van der Waals surface area contributed by atoms with Crippen molar-refractivity contribution in [3.63, 3.8) is 0 Å². The minimum absolute atomic E-state index is 0.0755. The van der Waals surface area contributed by atoms with Crippen LogP contribution in [0, 0.1) is 28.4 Å². The molecule has 2 aromatic carbocycles. The van der Waals surface area contributed by atoms with Gasteiger partial charge >= 0.3 is 0 Å². The minimum Gasteiger partial charge on any atom is -0.394 e. The first kappa shape index (κ1) is 35.1. The van der Waals surface area contributed by atoms with Gasteiger partial charge < -0.3 is 35.7 Å². The van der Waals surface area contributed by atoms with Crippen LogP contribution in [-0.4, -0.2) is 93.0 Å². The van der Waals surface area contributed by atoms with Gasteiger partial charge in [-0.3, -0.25) is 4.79 Å². The van der Waals surface area contributed by atoms with E-state index in [0.29, 0.717) is 0 Å². The molecule has 0 saturated carbocycles. The van der Waals surface area contributed by atoms with Gasteiger partial charge in [-0.25, -0.2) is 8.78 Å². The summed E-state index contributed by atoms with van der Waals surface area (Å²) in [5, 5.41) is 63.4. The number of hydrogen-bond acceptors (Lipinski definition) is 8. The molecule has 2 aromatic rings. The maximum atomic E-state index is 15.8. The number of rotatable bonds is 10. The lowest BCUT2D eigenvalue weighted by molar-refractivity contribution is -0.139. The number of benzene rings is 2. The van der Waals surface area contributed by atoms with Crippen LogP contribution in [0.5, 0.6) is 0 Å². The molecule has 9 nitrogen and oxygen atoms in total. The van der Waals surface area contributed by atoms with Crippen molar-refractivity contribution >= 4 is 29.1 Å². The van der Waals surface area contributed by atoms with Crippen molar-refractivity contribution in [1.82, 2.24) is 10.2 Å². The van der Waals surface area contributed by atoms with Crippen molar-refractivity contribution in [2.24, 2.45) is 5.41 Å². The zero-order valence-corrected chi connectivity index (χ0v) is 25.7. The average Bonchev–Trinajstić information content (AvgIpc) is 3.25. The lowest BCUT2D eigenvalue weighted by Crippen LogP contribution is -2.52. The molecule has 236 valence electrons. The van der Waals surface area contributed by atoms with E-state index in [1.807, 2.05) is 20.8 Å². The molecule has 3 rings (SSSR count). The lowest BCUT2D eigenvalue weighted by Gasteiger charge is -2.37. The molecule has 1 amide bonds. The van der Waals surface area contributed by atoms with Crippen LogP contribution in [0.1, 0.15) is 44.2 Å². The van der Waals surface area contributed by atoms with Gasteiger partial charge in [0.2, 0.25) is 5.91 Å². The van der Waals surface area contributed by atoms with Crippen molar-refractivity contribution in [2.75, 3.05) is 20.2 Å². The number of carbonyl (C=O) groups is 1. The van der Waals surface area contributed by atoms with Gasteiger partial charge in [0.05, 0.1) is 23.7 Å². The van der Waals surface area contributed by atoms with Gasteiger partial charge in [0.25, 0.3) is 0 Å². The van der Waals surface area contributed by atoms with Crippen LogP contribution >= 0.6 is 23.2 Å². The van der Waals surface area contributed by atoms with E-state index in [2.05, 4.69) is 11.4 Å². The van der Waals surface area contributed by atoms with Gasteiger partial charge in [0.15, 0.2) is 0 Å². The summed E-state index contributed by atoms with van der Waals surface area (Å²) >= 11 is 12.2. The number of nitrogens with one attached hydrogen (secondary N) is 1. The molecule has 6 N–H and O–H groups in total. The highest BCUT2D eigenvalue weighted by Gasteiger charge is 2.61. The predicted octanol–water partition coefficient (Wildman–Crippen LogP) is 2.49. The molecule has 0 aliphatic carbocycles. The monoisotopic (exact) mass is 643 g/mol. The highest BCUT2D eigenvalue weighted by atomic mass is 35.5. The molecule has 0 radical (unpaired) electrons. The van der Waals surface area contributed by atoms with Gasteiger partial charge in [-0.15, -0.1) is 0 Å². The number of nitrogens with zero attached hydrogens (tertiary/aromatic N) is 2. The third-order valence-electron chi connectivity index (χ3n) is 7.88. The number of nitriles is 1. The number of carbonyl (C=O) groups excluding carboxylic acids is 1. The molecule has 1 fully saturated rings. The number of aliphatic hydroxyl groups is 5. The maximum Gasteiger partial charge on any atom is 0.240 e. The van der Waals surface area contributed by atoms with E-state index in [0.717, 1.165) is 11.0 Å². The summed E-state index contributed by atoms with van der Waals surface area (Å²) in [5.41, 5.74) is -2.51. The van der Waals surface area contributed by atoms with Crippen LogP contribution in [0.3, 0.4) is 0 Å². The summed E-state index contributed by atoms with van der Waals surface area (Å²) in [5.74, 6) is -3.78. The molecule has 0 bridgehead atoms. The molecule has 1 aliphatic heterocycles. The summed E-state index contributed by atoms with van der Waals surface area (Å²) in [6.45, 7) is 4.25. The van der Waals surface area contributed by atoms with E-state index in [4.69, 9.17) is 28.3 Å². The Hall–Kier alpha value is -2.40. The summed E-state index contributed by atoms with van der Waals surface area (Å²) in [6.07, 6.45) is -7.13. The molecule has 0 aromatic heterocycles. The van der Waals surface area contributed by atoms with Gasteiger partial charge in [0.1, 0.15) is 41.5 Å². The third kappa shape index (κ3) is 7.13. The number of amides is 1. The molecule has 1 aliphatic rings. The van der Waals surface area contributed by atoms with Crippen molar-refractivity contribution in [3.8, 4) is 6.07 Å². The van der Waals surface area contributed by atoms with Gasteiger partial charge in [-0.2, -0.15) is 5.26 Å². The first-order valence-electron chi connectivity index (χ1n) is 13.6. The molecular weight excluding hydrogens is 607 g/mol. The van der Waals surface area contributed by atoms with Crippen molar-refractivity contribution < 1.29 is 39.1 Å². The fraction of sp³-hybridized carbons (Fsp3) is 0.533. The number of hydrogen-bond donors (Lipinski definition) is 6. The van der Waals surface area contributed by atoms with Crippen LogP contribution in [0.25, 0.3) is 0 Å². The fourth-order valence-electron chi connectivity index (χ4n) is 5.82. The van der Waals surface area contributed by atoms with E-state index in [9.17, 15) is 30.5 Å². The Kier molecular flexibility index (Phi) is 11.2. The van der Waals surface area contributed by atoms with Crippen molar-refractivity contribution in [2.45, 2.75) is 75.0 Å². The maximum absolute atomic E-state index is 15.8. The van der Waals surface area contributed by atoms with E-state index in [1.165, 1.54) is 37.4 Å². The average molecular weight is 645 g/mol. The molecule has 43 heavy (non-hydrogen) atoms. The summed E-state index contributed by atoms with van der Waals surface area (Å²) in [6, 6.07) is 7.92. The summed E-state index contributed by atoms with van der Waals surface area (Å²) in [4.78, 5) is 15.1. The molecule has 1 heterocycles. The Morgan fingerprint density at radius 3 is 2.30 bits per heavy atom. The molecule has 13 heteroatoms. The van der Waals surface area contributed by atoms with Crippen LogP contribution in [0.2, 0.25) is 10.0 Å². The predicted molar refractivity (Wildman–Crippen MR) is 156 cm³/mol. The normalized spacial score (nSPS) is 25.1. The van der Waals surface area contributed by atoms with E-state index >= 15 is 8.78 Å². The summed E-state index contributed by atoms with van der Waals surface area (Å²) in [7, 11) is 1.29. The zero-order valence-electron chi connectivity index (χ0n) is 24.2. The Balaban J connectivity index is 2.19. The van der Waals surface area contributed by atoms with Crippen LogP contribution in [0.4, 0.5) is 8.78 Å². The standard InChI is InChI=1S/C30H37Cl2F2N3O6/c1-29(2,3)11-22-30(14-35,17-9-8-15(31)10-19(17)33)23(16-6-5-7-18(32)24(16)34)25(36-22)28(43)37(4)12-20(39)26(41)27(42)21(40)13-38/h5-10,20-23,25-27,36,38-42H,11-13H2,1-4H3/t20-,21+,22-,23-,25+,26+,27+,30-/m0/s1. The Morgan fingerprint density at radius 2 is 1.74 bits per heavy atom. The van der Waals surface area contributed by atoms with Crippen LogP contribution in [-0.2, 0) is 10.2 Å². The van der Waals surface area contributed by atoms with E-state index in [1.54, 1.807) is 0 Å². The quantitative estimate of drug-likeness (QED) is 0.231. The first-order valence-corrected chi connectivity index (χ1v) is 14.4. The zero-order chi connectivity index (χ0) is 32.4. The minimum atomic E-state index is -1.94. The second-order valence-corrected chi connectivity index (χ2v) is 13.0. The Labute approximate surface area is 259 Å². The highest BCUT2D eigenvalue weighted by Crippen LogP contribution is 2.53. The van der Waals surface area contributed by atoms with Gasteiger partial charge in [-0.1, -0.05) is 62.2 Å². The smallest absolute Gasteiger partial charge is 0.240 e. The van der Waals surface area contributed by atoms with Crippen molar-refractivity contribution in [1.29, 1.82) is 5.26 Å². The van der Waals surface area contributed by atoms with Gasteiger partial charge in [-0.05, 0) is 35.6 Å². The van der Waals surface area contributed by atoms with E-state index in [-0.39, 0.29) is 27.6 Å². The fourth-order valence-corrected chi connectivity index (χ4v) is 6.16. The van der Waals surface area contributed by atoms with Crippen molar-refractivity contribution in [3.05, 3.63) is 69.2 Å². The van der Waals surface area contributed by atoms with Crippen LogP contribution in [0.15, 0.2) is 36.4 Å². The molecule has 0 unspecified atom stereocenters. The third-order valence-corrected chi connectivity index (χ3v) is 8.40. The number of aliphatic hydroxyl groups excluding tert-OH is 5. The lowest BCUT2D eigenvalue weighted by atomic mass is 9.62. The Bertz CT molecular complexity index is 1360. The molecule has 1 saturated heterocycles. The van der Waals surface area contributed by atoms with Gasteiger partial charge in [0, 0.05) is 36.1 Å². The van der Waals surface area contributed by atoms with Crippen LogP contribution < -0.4 is 5.32 Å². The van der Waals surface area contributed by atoms with E-state index < -0.39 is 83.9 Å². The largest absolute Gasteiger partial charge is 0.394 e. The SMILES string of the molecule is CN(C[C@H](O)[C@@H](O)[C@H](O)[C@H](O)CO)C(=O)[C@@H]1N[C@@H](CC(C)(C)C)[C@](C#N)(c2ccc(Cl)cc2F)[C@H]1c1cccc(Cl)c1F. The second kappa shape index (κ2) is 13.7. The highest BCUT2D eigenvalue weighted by molar-refractivity contribution is 6.31. The Morgan fingerprint density at radius 1 is 1.12 bits per heavy atom.